The van der Waals surface area contributed by atoms with Crippen LogP contribution in [-0.4, -0.2) is 18.0 Å². The van der Waals surface area contributed by atoms with Gasteiger partial charge in [0.05, 0.1) is 12.6 Å². The fraction of sp³-hybridized carbons (Fsp3) is 0.333. The number of nitrogens with two attached hydrogens (primary N) is 1. The van der Waals surface area contributed by atoms with Gasteiger partial charge in [-0.05, 0) is 17.7 Å². The second kappa shape index (κ2) is 4.40. The van der Waals surface area contributed by atoms with Crippen molar-refractivity contribution >= 4 is 12.4 Å². The minimum Gasteiger partial charge on any atom is -0.395 e. The molecule has 16 heavy (non-hydrogen) atoms. The molecule has 0 radical (unpaired) electrons. The van der Waals surface area contributed by atoms with Crippen molar-refractivity contribution < 1.29 is 23.4 Å². The summed E-state index contributed by atoms with van der Waals surface area (Å²) in [6.45, 7) is -0.268. The third kappa shape index (κ3) is 2.34. The van der Waals surface area contributed by atoms with Crippen molar-refractivity contribution in [3.05, 3.63) is 23.8 Å². The van der Waals surface area contributed by atoms with Crippen LogP contribution in [0.25, 0.3) is 0 Å². The largest absolute Gasteiger partial charge is 0.586 e. The molecule has 4 nitrogen and oxygen atoms in total. The zero-order valence-electron chi connectivity index (χ0n) is 8.02. The minimum absolute atomic E-state index is 0. The van der Waals surface area contributed by atoms with Gasteiger partial charge >= 0.3 is 6.29 Å². The van der Waals surface area contributed by atoms with Crippen molar-refractivity contribution in [2.75, 3.05) is 6.61 Å². The molecule has 1 aromatic carbocycles. The Morgan fingerprint density at radius 1 is 1.31 bits per heavy atom. The van der Waals surface area contributed by atoms with E-state index in [1.165, 1.54) is 18.2 Å². The van der Waals surface area contributed by atoms with E-state index in [4.69, 9.17) is 10.8 Å². The Labute approximate surface area is 96.4 Å². The first-order valence-corrected chi connectivity index (χ1v) is 4.28. The van der Waals surface area contributed by atoms with Gasteiger partial charge in [-0.15, -0.1) is 21.2 Å². The van der Waals surface area contributed by atoms with Gasteiger partial charge in [0.25, 0.3) is 0 Å². The van der Waals surface area contributed by atoms with Crippen LogP contribution in [0.5, 0.6) is 11.5 Å². The molecule has 0 unspecified atom stereocenters. The summed E-state index contributed by atoms with van der Waals surface area (Å²) < 4.78 is 33.7. The molecule has 0 bridgehead atoms. The summed E-state index contributed by atoms with van der Waals surface area (Å²) in [5.41, 5.74) is 6.03. The standard InChI is InChI=1S/C9H9F2NO3.ClH/c10-9(11)14-7-2-1-5(6(12)4-13)3-8(7)15-9;/h1-3,6,13H,4,12H2;1H/t6-;/m1./s1. The van der Waals surface area contributed by atoms with E-state index >= 15 is 0 Å². The van der Waals surface area contributed by atoms with Gasteiger partial charge in [-0.2, -0.15) is 0 Å². The predicted octanol–water partition coefficient (Wildman–Crippen LogP) is 1.42. The maximum absolute atomic E-state index is 12.6. The first kappa shape index (κ1) is 13.0. The normalized spacial score (nSPS) is 17.8. The highest BCUT2D eigenvalue weighted by Gasteiger charge is 2.43. The highest BCUT2D eigenvalue weighted by Crippen LogP contribution is 2.41. The first-order chi connectivity index (χ1) is 7.02. The molecule has 0 aliphatic carbocycles. The average molecular weight is 254 g/mol. The fourth-order valence-electron chi connectivity index (χ4n) is 1.30. The van der Waals surface area contributed by atoms with Crippen LogP contribution >= 0.6 is 12.4 Å². The second-order valence-electron chi connectivity index (χ2n) is 3.16. The number of rotatable bonds is 2. The lowest BCUT2D eigenvalue weighted by Gasteiger charge is -2.08. The molecule has 90 valence electrons. The molecule has 0 amide bonds. The van der Waals surface area contributed by atoms with Crippen LogP contribution in [0.15, 0.2) is 18.2 Å². The number of ether oxygens (including phenoxy) is 2. The monoisotopic (exact) mass is 253 g/mol. The van der Waals surface area contributed by atoms with E-state index < -0.39 is 12.3 Å². The van der Waals surface area contributed by atoms with Gasteiger partial charge in [-0.3, -0.25) is 0 Å². The highest BCUT2D eigenvalue weighted by atomic mass is 35.5. The fourth-order valence-corrected chi connectivity index (χ4v) is 1.30. The molecule has 7 heteroatoms. The van der Waals surface area contributed by atoms with Crippen molar-refractivity contribution in [2.24, 2.45) is 5.73 Å². The van der Waals surface area contributed by atoms with Crippen LogP contribution in [0.2, 0.25) is 0 Å². The summed E-state index contributed by atoms with van der Waals surface area (Å²) in [6, 6.07) is 3.55. The minimum atomic E-state index is -3.62. The van der Waals surface area contributed by atoms with Gasteiger partial charge in [-0.25, -0.2) is 0 Å². The number of hydrogen-bond donors (Lipinski definition) is 2. The molecule has 1 aliphatic heterocycles. The van der Waals surface area contributed by atoms with E-state index in [9.17, 15) is 8.78 Å². The molecule has 0 spiro atoms. The molecule has 0 saturated heterocycles. The summed E-state index contributed by atoms with van der Waals surface area (Å²) in [7, 11) is 0. The average Bonchev–Trinajstić information content (AvgIpc) is 2.49. The van der Waals surface area contributed by atoms with Crippen LogP contribution < -0.4 is 15.2 Å². The second-order valence-corrected chi connectivity index (χ2v) is 3.16. The summed E-state index contributed by atoms with van der Waals surface area (Å²) in [5.74, 6) is -0.102. The van der Waals surface area contributed by atoms with Crippen LogP contribution in [0, 0.1) is 0 Å². The number of fused-ring (bicyclic) bond motifs is 1. The number of hydrogen-bond acceptors (Lipinski definition) is 4. The molecule has 1 aromatic rings. The molecule has 1 atom stereocenters. The first-order valence-electron chi connectivity index (χ1n) is 4.28. The molecule has 2 rings (SSSR count). The lowest BCUT2D eigenvalue weighted by atomic mass is 10.1. The van der Waals surface area contributed by atoms with Crippen LogP contribution in [0.4, 0.5) is 8.78 Å². The Hall–Kier alpha value is -1.11. The van der Waals surface area contributed by atoms with E-state index in [1.54, 1.807) is 0 Å². The Morgan fingerprint density at radius 3 is 2.56 bits per heavy atom. The SMILES string of the molecule is Cl.N[C@H](CO)c1ccc2c(c1)OC(F)(F)O2. The van der Waals surface area contributed by atoms with Gasteiger partial charge in [0.1, 0.15) is 0 Å². The quantitative estimate of drug-likeness (QED) is 0.837. The molecular formula is C9H10ClF2NO3. The lowest BCUT2D eigenvalue weighted by Crippen LogP contribution is -2.25. The van der Waals surface area contributed by atoms with Crippen LogP contribution in [-0.2, 0) is 0 Å². The zero-order chi connectivity index (χ0) is 11.1. The van der Waals surface area contributed by atoms with Gasteiger partial charge in [-0.1, -0.05) is 6.07 Å². The van der Waals surface area contributed by atoms with Crippen LogP contribution in [0.1, 0.15) is 11.6 Å². The van der Waals surface area contributed by atoms with Gasteiger partial charge in [0, 0.05) is 0 Å². The Bertz CT molecular complexity index is 389. The zero-order valence-corrected chi connectivity index (χ0v) is 8.84. The van der Waals surface area contributed by atoms with Gasteiger partial charge in [0.15, 0.2) is 11.5 Å². The molecule has 0 saturated carbocycles. The van der Waals surface area contributed by atoms with E-state index in [0.29, 0.717) is 5.56 Å². The topological polar surface area (TPSA) is 64.7 Å². The number of halogens is 3. The van der Waals surface area contributed by atoms with Crippen molar-refractivity contribution in [3.63, 3.8) is 0 Å². The summed E-state index contributed by atoms with van der Waals surface area (Å²) in [4.78, 5) is 0. The van der Waals surface area contributed by atoms with Gasteiger partial charge < -0.3 is 20.3 Å². The maximum Gasteiger partial charge on any atom is 0.586 e. The smallest absolute Gasteiger partial charge is 0.395 e. The molecule has 0 fully saturated rings. The summed E-state index contributed by atoms with van der Waals surface area (Å²) in [5, 5.41) is 8.79. The molecule has 0 aromatic heterocycles. The molecule has 3 N–H and O–H groups in total. The van der Waals surface area contributed by atoms with Gasteiger partial charge in [0.2, 0.25) is 0 Å². The number of benzene rings is 1. The number of aliphatic hydroxyl groups is 1. The van der Waals surface area contributed by atoms with E-state index in [2.05, 4.69) is 9.47 Å². The van der Waals surface area contributed by atoms with Crippen molar-refractivity contribution in [1.82, 2.24) is 0 Å². The maximum atomic E-state index is 12.6. The molecular weight excluding hydrogens is 244 g/mol. The number of aliphatic hydroxyl groups excluding tert-OH is 1. The van der Waals surface area contributed by atoms with Crippen molar-refractivity contribution in [1.29, 1.82) is 0 Å². The Kier molecular flexibility index (Phi) is 3.57. The lowest BCUT2D eigenvalue weighted by molar-refractivity contribution is -0.286. The number of alkyl halides is 2. The summed E-state index contributed by atoms with van der Waals surface area (Å²) in [6.07, 6.45) is -3.62. The molecule has 1 aliphatic rings. The van der Waals surface area contributed by atoms with E-state index in [-0.39, 0.29) is 30.5 Å². The Morgan fingerprint density at radius 2 is 1.94 bits per heavy atom. The van der Waals surface area contributed by atoms with E-state index in [0.717, 1.165) is 0 Å². The highest BCUT2D eigenvalue weighted by molar-refractivity contribution is 5.85. The van der Waals surface area contributed by atoms with Crippen molar-refractivity contribution in [2.45, 2.75) is 12.3 Å². The molecule has 1 heterocycles. The predicted molar refractivity (Wildman–Crippen MR) is 53.9 cm³/mol. The van der Waals surface area contributed by atoms with Crippen molar-refractivity contribution in [3.8, 4) is 11.5 Å². The van der Waals surface area contributed by atoms with Crippen LogP contribution in [0.3, 0.4) is 0 Å². The summed E-state index contributed by atoms with van der Waals surface area (Å²) >= 11 is 0. The third-order valence-electron chi connectivity index (χ3n) is 2.05. The Balaban J connectivity index is 0.00000128. The third-order valence-corrected chi connectivity index (χ3v) is 2.05. The van der Waals surface area contributed by atoms with E-state index in [1.807, 2.05) is 0 Å².